The third kappa shape index (κ3) is 2.31. The van der Waals surface area contributed by atoms with Gasteiger partial charge in [0.25, 0.3) is 0 Å². The number of hydrogen-bond donors (Lipinski definition) is 1. The maximum Gasteiger partial charge on any atom is 0.241 e. The fourth-order valence-corrected chi connectivity index (χ4v) is 3.01. The van der Waals surface area contributed by atoms with E-state index in [4.69, 9.17) is 4.74 Å². The minimum absolute atomic E-state index is 0.0832. The van der Waals surface area contributed by atoms with E-state index >= 15 is 0 Å². The van der Waals surface area contributed by atoms with Crippen LogP contribution in [0.4, 0.5) is 4.39 Å². The van der Waals surface area contributed by atoms with E-state index in [9.17, 15) is 9.18 Å². The minimum atomic E-state index is -0.278. The highest BCUT2D eigenvalue weighted by Gasteiger charge is 2.43. The van der Waals surface area contributed by atoms with Gasteiger partial charge in [-0.2, -0.15) is 0 Å². The molecule has 3 atom stereocenters. The average Bonchev–Trinajstić information content (AvgIpc) is 3.05. The summed E-state index contributed by atoms with van der Waals surface area (Å²) in [5, 5.41) is 3.32. The molecule has 0 radical (unpaired) electrons. The lowest BCUT2D eigenvalue weighted by molar-refractivity contribution is -0.132. The summed E-state index contributed by atoms with van der Waals surface area (Å²) in [5.74, 6) is -0.184. The Balaban J connectivity index is 1.92. The van der Waals surface area contributed by atoms with Crippen molar-refractivity contribution in [2.24, 2.45) is 0 Å². The Morgan fingerprint density at radius 3 is 3.00 bits per heavy atom. The predicted molar refractivity (Wildman–Crippen MR) is 72.4 cm³/mol. The molecule has 20 heavy (non-hydrogen) atoms. The van der Waals surface area contributed by atoms with Crippen molar-refractivity contribution in [3.05, 3.63) is 35.6 Å². The molecule has 1 N–H and O–H groups in total. The van der Waals surface area contributed by atoms with E-state index in [-0.39, 0.29) is 30.0 Å². The Hall–Kier alpha value is -1.46. The number of nitrogens with one attached hydrogen (secondary N) is 1. The number of nitrogens with zero attached hydrogens (tertiary/aromatic N) is 1. The van der Waals surface area contributed by atoms with Crippen LogP contribution in [0.5, 0.6) is 0 Å². The molecule has 2 saturated heterocycles. The molecule has 0 aromatic heterocycles. The van der Waals surface area contributed by atoms with Gasteiger partial charge in [-0.15, -0.1) is 0 Å². The van der Waals surface area contributed by atoms with E-state index in [0.29, 0.717) is 13.2 Å². The molecule has 1 aromatic carbocycles. The van der Waals surface area contributed by atoms with Gasteiger partial charge in [-0.05, 0) is 30.5 Å². The van der Waals surface area contributed by atoms with Crippen LogP contribution in [0, 0.1) is 5.82 Å². The smallest absolute Gasteiger partial charge is 0.241 e. The highest BCUT2D eigenvalue weighted by Crippen LogP contribution is 2.31. The van der Waals surface area contributed by atoms with Gasteiger partial charge in [0.1, 0.15) is 12.0 Å². The summed E-state index contributed by atoms with van der Waals surface area (Å²) < 4.78 is 18.8. The summed E-state index contributed by atoms with van der Waals surface area (Å²) in [4.78, 5) is 14.3. The molecular formula is C15H19FN2O2. The van der Waals surface area contributed by atoms with Gasteiger partial charge in [0.05, 0.1) is 18.7 Å². The van der Waals surface area contributed by atoms with E-state index in [0.717, 1.165) is 18.4 Å². The molecule has 0 bridgehead atoms. The Kier molecular flexibility index (Phi) is 3.72. The van der Waals surface area contributed by atoms with Gasteiger partial charge in [-0.25, -0.2) is 4.39 Å². The predicted octanol–water partition coefficient (Wildman–Crippen LogP) is 1.82. The first-order valence-corrected chi connectivity index (χ1v) is 7.12. The van der Waals surface area contributed by atoms with Gasteiger partial charge in [-0.3, -0.25) is 10.1 Å². The molecule has 108 valence electrons. The fourth-order valence-electron chi connectivity index (χ4n) is 3.01. The van der Waals surface area contributed by atoms with Gasteiger partial charge >= 0.3 is 0 Å². The van der Waals surface area contributed by atoms with E-state index < -0.39 is 0 Å². The van der Waals surface area contributed by atoms with Gasteiger partial charge in [0.15, 0.2) is 0 Å². The van der Waals surface area contributed by atoms with Crippen LogP contribution >= 0.6 is 0 Å². The summed E-state index contributed by atoms with van der Waals surface area (Å²) >= 11 is 0. The van der Waals surface area contributed by atoms with Crippen molar-refractivity contribution in [1.29, 1.82) is 0 Å². The van der Waals surface area contributed by atoms with Gasteiger partial charge in [-0.1, -0.05) is 19.1 Å². The third-order valence-corrected chi connectivity index (χ3v) is 4.06. The molecule has 1 amide bonds. The number of halogens is 1. The second kappa shape index (κ2) is 5.50. The van der Waals surface area contributed by atoms with Crippen LogP contribution in [0.25, 0.3) is 0 Å². The number of rotatable bonds is 3. The number of carbonyl (C=O) groups is 1. The maximum atomic E-state index is 13.4. The van der Waals surface area contributed by atoms with Crippen LogP contribution < -0.4 is 5.32 Å². The second-order valence-corrected chi connectivity index (χ2v) is 5.35. The molecule has 0 aliphatic carbocycles. The Labute approximate surface area is 117 Å². The molecule has 2 fully saturated rings. The normalized spacial score (nSPS) is 30.2. The molecule has 3 rings (SSSR count). The minimum Gasteiger partial charge on any atom is -0.379 e. The van der Waals surface area contributed by atoms with Crippen molar-refractivity contribution in [2.75, 3.05) is 13.2 Å². The van der Waals surface area contributed by atoms with Crippen molar-refractivity contribution in [1.82, 2.24) is 10.2 Å². The number of carbonyl (C=O) groups excluding carboxylic acids is 1. The first kappa shape index (κ1) is 13.5. The molecule has 0 saturated carbocycles. The van der Waals surface area contributed by atoms with E-state index in [1.165, 1.54) is 12.1 Å². The molecule has 1 aromatic rings. The van der Waals surface area contributed by atoms with Crippen LogP contribution in [0.3, 0.4) is 0 Å². The topological polar surface area (TPSA) is 41.6 Å². The standard InChI is InChI=1S/C15H19FN2O2/c1-2-13-15(19)18(12-6-7-20-9-12)14(17-13)10-4-3-5-11(16)8-10/h3-5,8,12-14,17H,2,6-7,9H2,1H3. The summed E-state index contributed by atoms with van der Waals surface area (Å²) in [6.45, 7) is 3.23. The zero-order valence-electron chi connectivity index (χ0n) is 11.5. The summed E-state index contributed by atoms with van der Waals surface area (Å²) in [6.07, 6.45) is 1.32. The Morgan fingerprint density at radius 1 is 1.50 bits per heavy atom. The Bertz CT molecular complexity index is 502. The summed E-state index contributed by atoms with van der Waals surface area (Å²) in [7, 11) is 0. The first-order valence-electron chi connectivity index (χ1n) is 7.12. The highest BCUT2D eigenvalue weighted by atomic mass is 19.1. The van der Waals surface area contributed by atoms with Gasteiger partial charge in [0.2, 0.25) is 5.91 Å². The van der Waals surface area contributed by atoms with Crippen LogP contribution in [-0.2, 0) is 9.53 Å². The number of benzene rings is 1. The van der Waals surface area contributed by atoms with Crippen molar-refractivity contribution in [3.63, 3.8) is 0 Å². The fraction of sp³-hybridized carbons (Fsp3) is 0.533. The Morgan fingerprint density at radius 2 is 2.35 bits per heavy atom. The van der Waals surface area contributed by atoms with Crippen LogP contribution in [0.1, 0.15) is 31.5 Å². The SMILES string of the molecule is CCC1NC(c2cccc(F)c2)N(C2CCOC2)C1=O. The molecule has 2 heterocycles. The zero-order chi connectivity index (χ0) is 14.1. The lowest BCUT2D eigenvalue weighted by atomic mass is 10.1. The molecule has 2 aliphatic heterocycles. The summed E-state index contributed by atoms with van der Waals surface area (Å²) in [6, 6.07) is 6.34. The van der Waals surface area contributed by atoms with Crippen molar-refractivity contribution in [3.8, 4) is 0 Å². The molecule has 4 nitrogen and oxygen atoms in total. The van der Waals surface area contributed by atoms with E-state index in [1.807, 2.05) is 17.9 Å². The van der Waals surface area contributed by atoms with Crippen molar-refractivity contribution < 1.29 is 13.9 Å². The van der Waals surface area contributed by atoms with Crippen LogP contribution in [-0.4, -0.2) is 36.1 Å². The highest BCUT2D eigenvalue weighted by molar-refractivity contribution is 5.84. The number of ether oxygens (including phenoxy) is 1. The molecule has 5 heteroatoms. The molecule has 2 aliphatic rings. The van der Waals surface area contributed by atoms with Gasteiger partial charge < -0.3 is 9.64 Å². The monoisotopic (exact) mass is 278 g/mol. The number of hydrogen-bond acceptors (Lipinski definition) is 3. The quantitative estimate of drug-likeness (QED) is 0.917. The number of amides is 1. The summed E-state index contributed by atoms with van der Waals surface area (Å²) in [5.41, 5.74) is 0.793. The zero-order valence-corrected chi connectivity index (χ0v) is 11.5. The van der Waals surface area contributed by atoms with E-state index in [2.05, 4.69) is 5.32 Å². The van der Waals surface area contributed by atoms with Crippen molar-refractivity contribution >= 4 is 5.91 Å². The lowest BCUT2D eigenvalue weighted by Gasteiger charge is -2.29. The van der Waals surface area contributed by atoms with Gasteiger partial charge in [0, 0.05) is 6.61 Å². The van der Waals surface area contributed by atoms with E-state index in [1.54, 1.807) is 6.07 Å². The van der Waals surface area contributed by atoms with Crippen molar-refractivity contribution in [2.45, 2.75) is 38.0 Å². The third-order valence-electron chi connectivity index (χ3n) is 4.06. The van der Waals surface area contributed by atoms with Crippen LogP contribution in [0.2, 0.25) is 0 Å². The molecular weight excluding hydrogens is 259 g/mol. The largest absolute Gasteiger partial charge is 0.379 e. The second-order valence-electron chi connectivity index (χ2n) is 5.35. The average molecular weight is 278 g/mol. The maximum absolute atomic E-state index is 13.4. The van der Waals surface area contributed by atoms with Crippen LogP contribution in [0.15, 0.2) is 24.3 Å². The lowest BCUT2D eigenvalue weighted by Crippen LogP contribution is -2.40. The first-order chi connectivity index (χ1) is 9.70. The molecule has 0 spiro atoms. The molecule has 3 unspecified atom stereocenters.